The minimum Gasteiger partial charge on any atom is -0.487 e. The van der Waals surface area contributed by atoms with Gasteiger partial charge in [0.25, 0.3) is 0 Å². The van der Waals surface area contributed by atoms with Crippen LogP contribution in [0, 0.1) is 5.92 Å². The van der Waals surface area contributed by atoms with Gasteiger partial charge in [0, 0.05) is 17.7 Å². The van der Waals surface area contributed by atoms with Gasteiger partial charge in [-0.15, -0.1) is 0 Å². The number of fused-ring (bicyclic) bond motifs is 1. The molecule has 1 fully saturated rings. The number of carbonyl (C=O) groups is 1. The van der Waals surface area contributed by atoms with Gasteiger partial charge in [-0.1, -0.05) is 73.5 Å². The third kappa shape index (κ3) is 4.15. The molecule has 31 heavy (non-hydrogen) atoms. The van der Waals surface area contributed by atoms with E-state index < -0.39 is 0 Å². The molecule has 3 aromatic rings. The SMILES string of the molecule is O=C(c1ccccc1)c1ccc(NCc2ccccc2)c2c1NC(C1CCCC1)CO2. The zero-order chi connectivity index (χ0) is 21.0. The van der Waals surface area contributed by atoms with Crippen LogP contribution < -0.4 is 15.4 Å². The van der Waals surface area contributed by atoms with Gasteiger partial charge in [0.2, 0.25) is 0 Å². The maximum atomic E-state index is 13.3. The quantitative estimate of drug-likeness (QED) is 0.496. The standard InChI is InChI=1S/C27H28N2O2/c30-26(21-13-5-2-6-14-21)22-15-16-23(28-17-19-9-3-1-4-10-19)27-25(22)29-24(18-31-27)20-11-7-8-12-20/h1-6,9-10,13-16,20,24,28-29H,7-8,11-12,17-18H2. The second kappa shape index (κ2) is 8.84. The summed E-state index contributed by atoms with van der Waals surface area (Å²) in [6.07, 6.45) is 5.02. The lowest BCUT2D eigenvalue weighted by molar-refractivity contribution is 0.103. The van der Waals surface area contributed by atoms with Gasteiger partial charge in [-0.05, 0) is 36.5 Å². The predicted molar refractivity (Wildman–Crippen MR) is 125 cm³/mol. The maximum absolute atomic E-state index is 13.3. The lowest BCUT2D eigenvalue weighted by atomic mass is 9.94. The van der Waals surface area contributed by atoms with E-state index in [0.717, 1.165) is 17.1 Å². The molecule has 0 radical (unpaired) electrons. The molecule has 2 aliphatic rings. The third-order valence-corrected chi connectivity index (χ3v) is 6.47. The summed E-state index contributed by atoms with van der Waals surface area (Å²) in [5.74, 6) is 1.38. The van der Waals surface area contributed by atoms with Crippen LogP contribution in [-0.2, 0) is 6.54 Å². The van der Waals surface area contributed by atoms with Gasteiger partial charge in [-0.3, -0.25) is 4.79 Å². The Labute approximate surface area is 183 Å². The number of nitrogens with one attached hydrogen (secondary N) is 2. The van der Waals surface area contributed by atoms with Crippen LogP contribution in [-0.4, -0.2) is 18.4 Å². The summed E-state index contributed by atoms with van der Waals surface area (Å²) in [5, 5.41) is 7.21. The second-order valence-corrected chi connectivity index (χ2v) is 8.51. The van der Waals surface area contributed by atoms with E-state index in [9.17, 15) is 4.79 Å². The maximum Gasteiger partial charge on any atom is 0.195 e. The van der Waals surface area contributed by atoms with Gasteiger partial charge in [-0.2, -0.15) is 0 Å². The Morgan fingerprint density at radius 3 is 2.39 bits per heavy atom. The van der Waals surface area contributed by atoms with Crippen molar-refractivity contribution in [1.82, 2.24) is 0 Å². The molecule has 3 aromatic carbocycles. The van der Waals surface area contributed by atoms with E-state index in [2.05, 4.69) is 22.8 Å². The minimum absolute atomic E-state index is 0.0228. The number of rotatable bonds is 6. The molecule has 4 nitrogen and oxygen atoms in total. The van der Waals surface area contributed by atoms with Crippen molar-refractivity contribution in [3.8, 4) is 5.75 Å². The van der Waals surface area contributed by atoms with E-state index in [-0.39, 0.29) is 11.8 Å². The summed E-state index contributed by atoms with van der Waals surface area (Å²) in [4.78, 5) is 13.3. The highest BCUT2D eigenvalue weighted by molar-refractivity contribution is 6.13. The fourth-order valence-corrected chi connectivity index (χ4v) is 4.76. The lowest BCUT2D eigenvalue weighted by Crippen LogP contribution is -2.38. The molecule has 158 valence electrons. The Hall–Kier alpha value is -3.27. The molecule has 2 N–H and O–H groups in total. The fourth-order valence-electron chi connectivity index (χ4n) is 4.76. The largest absolute Gasteiger partial charge is 0.487 e. The average molecular weight is 413 g/mol. The van der Waals surface area contributed by atoms with Gasteiger partial charge in [0.1, 0.15) is 6.61 Å². The van der Waals surface area contributed by atoms with Crippen molar-refractivity contribution in [3.05, 3.63) is 89.5 Å². The van der Waals surface area contributed by atoms with Gasteiger partial charge >= 0.3 is 0 Å². The Morgan fingerprint density at radius 1 is 0.935 bits per heavy atom. The fraction of sp³-hybridized carbons (Fsp3) is 0.296. The van der Waals surface area contributed by atoms with Crippen molar-refractivity contribution >= 4 is 17.2 Å². The zero-order valence-electron chi connectivity index (χ0n) is 17.6. The van der Waals surface area contributed by atoms with E-state index in [1.54, 1.807) is 0 Å². The van der Waals surface area contributed by atoms with Crippen molar-refractivity contribution in [3.63, 3.8) is 0 Å². The number of benzene rings is 3. The second-order valence-electron chi connectivity index (χ2n) is 8.51. The molecule has 0 bridgehead atoms. The van der Waals surface area contributed by atoms with Crippen LogP contribution >= 0.6 is 0 Å². The first-order valence-corrected chi connectivity index (χ1v) is 11.2. The summed E-state index contributed by atoms with van der Waals surface area (Å²) in [6, 6.07) is 23.9. The predicted octanol–water partition coefficient (Wildman–Crippen LogP) is 5.89. The molecule has 0 aromatic heterocycles. The first kappa shape index (κ1) is 19.7. The highest BCUT2D eigenvalue weighted by Gasteiger charge is 2.32. The lowest BCUT2D eigenvalue weighted by Gasteiger charge is -2.33. The molecular weight excluding hydrogens is 384 g/mol. The molecule has 1 saturated carbocycles. The Bertz CT molecular complexity index is 1040. The van der Waals surface area contributed by atoms with E-state index in [1.807, 2.05) is 60.7 Å². The molecule has 1 heterocycles. The zero-order valence-corrected chi connectivity index (χ0v) is 17.6. The van der Waals surface area contributed by atoms with Crippen molar-refractivity contribution in [1.29, 1.82) is 0 Å². The smallest absolute Gasteiger partial charge is 0.195 e. The van der Waals surface area contributed by atoms with Gasteiger partial charge in [0.05, 0.1) is 17.4 Å². The van der Waals surface area contributed by atoms with Crippen LogP contribution in [0.15, 0.2) is 72.8 Å². The van der Waals surface area contributed by atoms with Crippen LogP contribution in [0.4, 0.5) is 11.4 Å². The molecule has 5 rings (SSSR count). The number of ether oxygens (including phenoxy) is 1. The first-order valence-electron chi connectivity index (χ1n) is 11.2. The first-order chi connectivity index (χ1) is 15.3. The van der Waals surface area contributed by atoms with Crippen molar-refractivity contribution < 1.29 is 9.53 Å². The number of hydrogen-bond donors (Lipinski definition) is 2. The summed E-state index contributed by atoms with van der Waals surface area (Å²) in [6.45, 7) is 1.34. The Kier molecular flexibility index (Phi) is 5.61. The molecule has 1 aliphatic carbocycles. The van der Waals surface area contributed by atoms with Crippen LogP contribution in [0.5, 0.6) is 5.75 Å². The molecule has 1 aliphatic heterocycles. The molecule has 4 heteroatoms. The number of anilines is 2. The topological polar surface area (TPSA) is 50.4 Å². The monoisotopic (exact) mass is 412 g/mol. The summed E-state index contributed by atoms with van der Waals surface area (Å²) in [7, 11) is 0. The van der Waals surface area contributed by atoms with Gasteiger partial charge in [-0.25, -0.2) is 0 Å². The normalized spacial score (nSPS) is 18.0. The molecule has 0 spiro atoms. The van der Waals surface area contributed by atoms with E-state index in [0.29, 0.717) is 30.2 Å². The van der Waals surface area contributed by atoms with Crippen LogP contribution in [0.1, 0.15) is 47.2 Å². The average Bonchev–Trinajstić information content (AvgIpc) is 3.38. The van der Waals surface area contributed by atoms with Crippen molar-refractivity contribution in [2.24, 2.45) is 5.92 Å². The highest BCUT2D eigenvalue weighted by atomic mass is 16.5. The number of ketones is 1. The molecule has 0 saturated heterocycles. The molecule has 0 amide bonds. The Balaban J connectivity index is 1.47. The van der Waals surface area contributed by atoms with Crippen LogP contribution in [0.25, 0.3) is 0 Å². The minimum atomic E-state index is 0.0228. The summed E-state index contributed by atoms with van der Waals surface area (Å²) < 4.78 is 6.32. The molecule has 1 unspecified atom stereocenters. The third-order valence-electron chi connectivity index (χ3n) is 6.47. The van der Waals surface area contributed by atoms with Crippen molar-refractivity contribution in [2.45, 2.75) is 38.3 Å². The molecule has 1 atom stereocenters. The van der Waals surface area contributed by atoms with Gasteiger partial charge in [0.15, 0.2) is 11.5 Å². The van der Waals surface area contributed by atoms with Crippen LogP contribution in [0.2, 0.25) is 0 Å². The highest BCUT2D eigenvalue weighted by Crippen LogP contribution is 2.43. The van der Waals surface area contributed by atoms with E-state index >= 15 is 0 Å². The summed E-state index contributed by atoms with van der Waals surface area (Å²) >= 11 is 0. The number of carbonyl (C=O) groups excluding carboxylic acids is 1. The Morgan fingerprint density at radius 2 is 1.65 bits per heavy atom. The summed E-state index contributed by atoms with van der Waals surface area (Å²) in [5.41, 5.74) is 4.32. The van der Waals surface area contributed by atoms with E-state index in [4.69, 9.17) is 4.74 Å². The van der Waals surface area contributed by atoms with Crippen LogP contribution in [0.3, 0.4) is 0 Å². The van der Waals surface area contributed by atoms with Gasteiger partial charge < -0.3 is 15.4 Å². The molecular formula is C27H28N2O2. The number of hydrogen-bond acceptors (Lipinski definition) is 4. The van der Waals surface area contributed by atoms with E-state index in [1.165, 1.54) is 31.2 Å². The van der Waals surface area contributed by atoms with Crippen molar-refractivity contribution in [2.75, 3.05) is 17.2 Å².